The normalized spacial score (nSPS) is 14.9. The third-order valence-corrected chi connectivity index (χ3v) is 5.27. The van der Waals surface area contributed by atoms with E-state index >= 15 is 0 Å². The van der Waals surface area contributed by atoms with Gasteiger partial charge in [0, 0.05) is 10.6 Å². The van der Waals surface area contributed by atoms with Crippen molar-refractivity contribution in [2.24, 2.45) is 0 Å². The summed E-state index contributed by atoms with van der Waals surface area (Å²) >= 11 is 6.16. The Bertz CT molecular complexity index is 1130. The van der Waals surface area contributed by atoms with Crippen molar-refractivity contribution in [3.05, 3.63) is 59.2 Å². The Morgan fingerprint density at radius 3 is 2.80 bits per heavy atom. The lowest BCUT2D eigenvalue weighted by Crippen LogP contribution is -2.24. The van der Waals surface area contributed by atoms with Crippen molar-refractivity contribution in [3.63, 3.8) is 0 Å². The van der Waals surface area contributed by atoms with Crippen LogP contribution in [0.4, 0.5) is 11.5 Å². The minimum Gasteiger partial charge on any atom is -0.495 e. The van der Waals surface area contributed by atoms with Crippen molar-refractivity contribution < 1.29 is 14.3 Å². The fourth-order valence-corrected chi connectivity index (χ4v) is 3.83. The highest BCUT2D eigenvalue weighted by atomic mass is 35.5. The molecule has 7 nitrogen and oxygen atoms in total. The molecule has 0 aliphatic carbocycles. The largest absolute Gasteiger partial charge is 0.495 e. The number of anilines is 2. The molecule has 0 spiro atoms. The number of aryl methyl sites for hydroxylation is 1. The molecule has 30 heavy (non-hydrogen) atoms. The summed E-state index contributed by atoms with van der Waals surface area (Å²) in [5.74, 6) is 0.580. The summed E-state index contributed by atoms with van der Waals surface area (Å²) in [6.07, 6.45) is 0.633. The quantitative estimate of drug-likeness (QED) is 0.618. The third-order valence-electron chi connectivity index (χ3n) is 5.03. The van der Waals surface area contributed by atoms with Crippen LogP contribution in [0, 0.1) is 0 Å². The van der Waals surface area contributed by atoms with Gasteiger partial charge in [0.15, 0.2) is 0 Å². The Labute approximate surface area is 179 Å². The topological polar surface area (TPSA) is 85.2 Å². The zero-order valence-electron chi connectivity index (χ0n) is 16.6. The van der Waals surface area contributed by atoms with Gasteiger partial charge in [0.2, 0.25) is 5.91 Å². The van der Waals surface area contributed by atoms with Gasteiger partial charge in [0.25, 0.3) is 5.91 Å². The maximum absolute atomic E-state index is 12.7. The zero-order valence-corrected chi connectivity index (χ0v) is 17.4. The molecule has 0 bridgehead atoms. The lowest BCUT2D eigenvalue weighted by molar-refractivity contribution is -0.123. The number of carbonyl (C=O) groups is 2. The van der Waals surface area contributed by atoms with Gasteiger partial charge in [-0.05, 0) is 36.2 Å². The smallest absolute Gasteiger partial charge is 0.251 e. The number of amides is 2. The van der Waals surface area contributed by atoms with E-state index in [4.69, 9.17) is 16.3 Å². The maximum Gasteiger partial charge on any atom is 0.251 e. The molecule has 1 aliphatic rings. The van der Waals surface area contributed by atoms with Crippen molar-refractivity contribution in [3.8, 4) is 16.9 Å². The van der Waals surface area contributed by atoms with E-state index in [1.807, 2.05) is 31.2 Å². The number of hydrogen-bond donors (Lipinski definition) is 2. The Hall–Kier alpha value is -3.32. The molecule has 0 fully saturated rings. The molecular formula is C22H21ClN4O3. The van der Waals surface area contributed by atoms with Gasteiger partial charge in [-0.3, -0.25) is 9.59 Å². The van der Waals surface area contributed by atoms with E-state index in [2.05, 4.69) is 15.7 Å². The second-order valence-electron chi connectivity index (χ2n) is 6.94. The van der Waals surface area contributed by atoms with E-state index in [0.717, 1.165) is 16.8 Å². The zero-order chi connectivity index (χ0) is 21.3. The van der Waals surface area contributed by atoms with E-state index in [9.17, 15) is 9.59 Å². The number of carbonyl (C=O) groups excluding carboxylic acids is 2. The van der Waals surface area contributed by atoms with E-state index in [-0.39, 0.29) is 18.2 Å². The summed E-state index contributed by atoms with van der Waals surface area (Å²) in [6.45, 7) is 2.00. The van der Waals surface area contributed by atoms with Gasteiger partial charge in [-0.15, -0.1) is 0 Å². The van der Waals surface area contributed by atoms with Gasteiger partial charge in [-0.2, -0.15) is 5.10 Å². The van der Waals surface area contributed by atoms with Gasteiger partial charge in [0.05, 0.1) is 24.9 Å². The highest BCUT2D eigenvalue weighted by Crippen LogP contribution is 2.39. The number of benzene rings is 2. The first-order valence-corrected chi connectivity index (χ1v) is 10.0. The fraction of sp³-hybridized carbons (Fsp3) is 0.227. The van der Waals surface area contributed by atoms with Gasteiger partial charge in [0.1, 0.15) is 17.6 Å². The molecule has 2 heterocycles. The average Bonchev–Trinajstić information content (AvgIpc) is 3.23. The SMILES string of the molecule is CCc1nn2c(c1-c1cccc(Cl)c1)NC(=O)C2CC(=O)Nc1ccccc1OC. The Kier molecular flexibility index (Phi) is 5.46. The highest BCUT2D eigenvalue weighted by molar-refractivity contribution is 6.30. The fourth-order valence-electron chi connectivity index (χ4n) is 3.64. The number of rotatable bonds is 6. The van der Waals surface area contributed by atoms with Crippen LogP contribution in [0.3, 0.4) is 0 Å². The van der Waals surface area contributed by atoms with Crippen LogP contribution in [0.5, 0.6) is 5.75 Å². The first-order chi connectivity index (χ1) is 14.5. The van der Waals surface area contributed by atoms with Gasteiger partial charge in [-0.1, -0.05) is 42.8 Å². The van der Waals surface area contributed by atoms with Crippen LogP contribution in [0.1, 0.15) is 25.1 Å². The molecule has 154 valence electrons. The molecule has 2 N–H and O–H groups in total. The van der Waals surface area contributed by atoms with E-state index in [0.29, 0.717) is 28.7 Å². The molecule has 1 atom stereocenters. The molecule has 4 rings (SSSR count). The second-order valence-corrected chi connectivity index (χ2v) is 7.37. The molecule has 0 saturated carbocycles. The van der Waals surface area contributed by atoms with Crippen LogP contribution < -0.4 is 15.4 Å². The number of para-hydroxylation sites is 2. The van der Waals surface area contributed by atoms with Gasteiger partial charge >= 0.3 is 0 Å². The molecule has 2 amide bonds. The second kappa shape index (κ2) is 8.20. The number of nitrogens with zero attached hydrogens (tertiary/aromatic N) is 2. The van der Waals surface area contributed by atoms with Gasteiger partial charge in [-0.25, -0.2) is 4.68 Å². The summed E-state index contributed by atoms with van der Waals surface area (Å²) in [4.78, 5) is 25.3. The van der Waals surface area contributed by atoms with Crippen LogP contribution in [0.25, 0.3) is 11.1 Å². The number of fused-ring (bicyclic) bond motifs is 1. The van der Waals surface area contributed by atoms with E-state index < -0.39 is 6.04 Å². The number of ether oxygens (including phenoxy) is 1. The van der Waals surface area contributed by atoms with Crippen molar-refractivity contribution in [2.75, 3.05) is 17.7 Å². The average molecular weight is 425 g/mol. The van der Waals surface area contributed by atoms with Crippen LogP contribution >= 0.6 is 11.6 Å². The summed E-state index contributed by atoms with van der Waals surface area (Å²) < 4.78 is 6.87. The van der Waals surface area contributed by atoms with Crippen molar-refractivity contribution in [1.82, 2.24) is 9.78 Å². The molecule has 1 aromatic heterocycles. The van der Waals surface area contributed by atoms with Crippen LogP contribution in [-0.2, 0) is 16.0 Å². The predicted molar refractivity (Wildman–Crippen MR) is 116 cm³/mol. The molecule has 0 radical (unpaired) electrons. The number of aromatic nitrogens is 2. The molecule has 0 saturated heterocycles. The predicted octanol–water partition coefficient (Wildman–Crippen LogP) is 4.30. The van der Waals surface area contributed by atoms with Crippen LogP contribution in [0.2, 0.25) is 5.02 Å². The van der Waals surface area contributed by atoms with Gasteiger partial charge < -0.3 is 15.4 Å². The Morgan fingerprint density at radius 2 is 2.07 bits per heavy atom. The van der Waals surface area contributed by atoms with E-state index in [1.54, 1.807) is 28.9 Å². The first-order valence-electron chi connectivity index (χ1n) is 9.62. The molecule has 2 aromatic carbocycles. The van der Waals surface area contributed by atoms with Crippen LogP contribution in [-0.4, -0.2) is 28.7 Å². The highest BCUT2D eigenvalue weighted by Gasteiger charge is 2.36. The lowest BCUT2D eigenvalue weighted by atomic mass is 10.0. The van der Waals surface area contributed by atoms with Crippen molar-refractivity contribution >= 4 is 34.9 Å². The summed E-state index contributed by atoms with van der Waals surface area (Å²) in [5, 5.41) is 10.9. The monoisotopic (exact) mass is 424 g/mol. The lowest BCUT2D eigenvalue weighted by Gasteiger charge is -2.12. The molecule has 1 aliphatic heterocycles. The number of halogens is 1. The summed E-state index contributed by atoms with van der Waals surface area (Å²) in [6, 6.07) is 13.8. The maximum atomic E-state index is 12.7. The standard InChI is InChI=1S/C22H21ClN4O3/c1-3-15-20(13-7-6-8-14(23)11-13)21-25-22(29)17(27(21)26-15)12-19(28)24-16-9-4-5-10-18(16)30-2/h4-11,17H,3,12H2,1-2H3,(H,24,28)(H,25,29). The molecule has 1 unspecified atom stereocenters. The minimum atomic E-state index is -0.729. The molecule has 8 heteroatoms. The molecular weight excluding hydrogens is 404 g/mol. The minimum absolute atomic E-state index is 0.0449. The summed E-state index contributed by atoms with van der Waals surface area (Å²) in [5.41, 5.74) is 3.10. The van der Waals surface area contributed by atoms with E-state index in [1.165, 1.54) is 7.11 Å². The van der Waals surface area contributed by atoms with Crippen molar-refractivity contribution in [2.45, 2.75) is 25.8 Å². The van der Waals surface area contributed by atoms with Crippen molar-refractivity contribution in [1.29, 1.82) is 0 Å². The van der Waals surface area contributed by atoms with Crippen LogP contribution in [0.15, 0.2) is 48.5 Å². The summed E-state index contributed by atoms with van der Waals surface area (Å²) in [7, 11) is 1.54. The molecule has 3 aromatic rings. The number of nitrogens with one attached hydrogen (secondary N) is 2. The third kappa shape index (κ3) is 3.64. The first kappa shape index (κ1) is 20.0. The Morgan fingerprint density at radius 1 is 1.27 bits per heavy atom. The number of hydrogen-bond acceptors (Lipinski definition) is 4. The Balaban J connectivity index is 1.62. The number of methoxy groups -OCH3 is 1.